The van der Waals surface area contributed by atoms with Gasteiger partial charge in [0.25, 0.3) is 0 Å². The first kappa shape index (κ1) is 36.5. The van der Waals surface area contributed by atoms with Crippen LogP contribution in [0.25, 0.3) is 34.4 Å². The number of halogens is 2. The van der Waals surface area contributed by atoms with Crippen molar-refractivity contribution in [3.8, 4) is 22.3 Å². The van der Waals surface area contributed by atoms with Gasteiger partial charge in [-0.15, -0.1) is 0 Å². The van der Waals surface area contributed by atoms with Gasteiger partial charge in [-0.25, -0.2) is 0 Å². The number of benzene rings is 4. The second-order valence-corrected chi connectivity index (χ2v) is 38.7. The maximum absolute atomic E-state index is 8.50. The molecule has 0 aromatic heterocycles. The quantitative estimate of drug-likeness (QED) is 0.183. The van der Waals surface area contributed by atoms with E-state index in [2.05, 4.69) is 177 Å². The van der Waals surface area contributed by atoms with Gasteiger partial charge < -0.3 is 0 Å². The Morgan fingerprint density at radius 1 is 0.551 bits per heavy atom. The molecule has 0 amide bonds. The average molecular weight is 769 g/mol. The molecule has 0 saturated carbocycles. The average Bonchev–Trinajstić information content (AvgIpc) is 3.66. The fraction of sp³-hybridized carbons (Fsp3) is 0.370. The fourth-order valence-electron chi connectivity index (χ4n) is 8.38. The van der Waals surface area contributed by atoms with Crippen LogP contribution in [-0.2, 0) is 26.7 Å². The topological polar surface area (TPSA) is 0 Å². The summed E-state index contributed by atoms with van der Waals surface area (Å²) in [4.78, 5) is 0. The van der Waals surface area contributed by atoms with Crippen molar-refractivity contribution >= 4 is 32.9 Å². The minimum absolute atomic E-state index is 0.0219. The Morgan fingerprint density at radius 2 is 0.898 bits per heavy atom. The van der Waals surface area contributed by atoms with E-state index in [-0.39, 0.29) is 18.1 Å². The van der Waals surface area contributed by atoms with Crippen LogP contribution in [0.5, 0.6) is 0 Å². The van der Waals surface area contributed by atoms with Crippen LogP contribution in [0.15, 0.2) is 96.1 Å². The first-order valence-electron chi connectivity index (χ1n) is 18.1. The molecule has 3 heteroatoms. The summed E-state index contributed by atoms with van der Waals surface area (Å²) in [6.45, 7) is 25.0. The summed E-state index contributed by atoms with van der Waals surface area (Å²) in [5, 5.41) is 0. The molecule has 2 aliphatic carbocycles. The van der Waals surface area contributed by atoms with Gasteiger partial charge in [0, 0.05) is 0 Å². The summed E-state index contributed by atoms with van der Waals surface area (Å²) in [6.07, 6.45) is 4.89. The molecule has 2 unspecified atom stereocenters. The molecular formula is C46H54Cl2Zr. The summed E-state index contributed by atoms with van der Waals surface area (Å²) in [5.74, 6) is 0.609. The standard InChI is InChI=1S/2C22H25.C2H4.2ClH.Zr/c2*1-15(2)18-13-17-7-6-8-20(21(17)14-18)16-9-11-19(12-10-16)22(3,4)5;1-2;;;/h2*6-15H,1-5H3;1H,2H3;2*1H;/q;;;;;+2/p-2. The zero-order valence-electron chi connectivity index (χ0n) is 31.4. The van der Waals surface area contributed by atoms with Crippen molar-refractivity contribution in [2.75, 3.05) is 0 Å². The molecule has 0 spiro atoms. The van der Waals surface area contributed by atoms with Crippen molar-refractivity contribution in [1.82, 2.24) is 0 Å². The van der Waals surface area contributed by atoms with Crippen LogP contribution >= 0.6 is 17.0 Å². The Kier molecular flexibility index (Phi) is 9.47. The summed E-state index contributed by atoms with van der Waals surface area (Å²) < 4.78 is 2.27. The van der Waals surface area contributed by atoms with Crippen LogP contribution in [0.1, 0.15) is 117 Å². The van der Waals surface area contributed by atoms with Crippen molar-refractivity contribution in [2.24, 2.45) is 11.8 Å². The van der Waals surface area contributed by atoms with E-state index in [1.807, 2.05) is 0 Å². The van der Waals surface area contributed by atoms with Gasteiger partial charge in [0.05, 0.1) is 0 Å². The Morgan fingerprint density at radius 3 is 1.18 bits per heavy atom. The van der Waals surface area contributed by atoms with Gasteiger partial charge in [0.1, 0.15) is 0 Å². The third kappa shape index (κ3) is 6.30. The molecule has 2 aliphatic rings. The van der Waals surface area contributed by atoms with Gasteiger partial charge in [-0.2, -0.15) is 0 Å². The van der Waals surface area contributed by atoms with Crippen LogP contribution in [0, 0.1) is 11.8 Å². The van der Waals surface area contributed by atoms with Crippen LogP contribution in [0.2, 0.25) is 0 Å². The molecule has 256 valence electrons. The normalized spacial score (nSPS) is 18.0. The molecule has 0 N–H and O–H groups in total. The van der Waals surface area contributed by atoms with E-state index in [4.69, 9.17) is 17.0 Å². The third-order valence-electron chi connectivity index (χ3n) is 11.3. The molecule has 0 bridgehead atoms. The molecule has 0 nitrogen and oxygen atoms in total. The first-order valence-corrected chi connectivity index (χ1v) is 28.7. The van der Waals surface area contributed by atoms with E-state index < -0.39 is 15.9 Å². The van der Waals surface area contributed by atoms with E-state index in [9.17, 15) is 0 Å². The number of hydrogen-bond acceptors (Lipinski definition) is 0. The number of rotatable bonds is 6. The monoisotopic (exact) mass is 766 g/mol. The SMILES string of the molecule is C[CH]=[Zr]([Cl])([Cl])([CH]1C(C(C)C)=Cc2c(-c3ccc(C(C)(C)C)cc3)cccc21)[CH]1C(C(C)C)=Cc2c(-c3ccc(C(C)(C)C)cc3)cccc21. The Bertz CT molecular complexity index is 1890. The van der Waals surface area contributed by atoms with Gasteiger partial charge in [0.15, 0.2) is 0 Å². The van der Waals surface area contributed by atoms with Crippen LogP contribution < -0.4 is 0 Å². The van der Waals surface area contributed by atoms with Gasteiger partial charge in [0.2, 0.25) is 0 Å². The van der Waals surface area contributed by atoms with E-state index in [0.29, 0.717) is 11.8 Å². The van der Waals surface area contributed by atoms with Crippen molar-refractivity contribution in [1.29, 1.82) is 0 Å². The molecular weight excluding hydrogens is 715 g/mol. The first-order chi connectivity index (χ1) is 22.9. The molecule has 6 rings (SSSR count). The van der Waals surface area contributed by atoms with Gasteiger partial charge in [-0.1, -0.05) is 0 Å². The van der Waals surface area contributed by atoms with Crippen molar-refractivity contribution in [3.63, 3.8) is 0 Å². The summed E-state index contributed by atoms with van der Waals surface area (Å²) in [5.41, 5.74) is 15.8. The molecule has 49 heavy (non-hydrogen) atoms. The second kappa shape index (κ2) is 12.7. The summed E-state index contributed by atoms with van der Waals surface area (Å²) in [6, 6.07) is 31.9. The molecule has 0 radical (unpaired) electrons. The van der Waals surface area contributed by atoms with Gasteiger partial charge in [-0.3, -0.25) is 0 Å². The maximum atomic E-state index is 8.50. The van der Waals surface area contributed by atoms with Crippen LogP contribution in [-0.4, -0.2) is 3.71 Å². The van der Waals surface area contributed by atoms with E-state index in [1.54, 1.807) is 0 Å². The number of fused-ring (bicyclic) bond motifs is 2. The van der Waals surface area contributed by atoms with Gasteiger partial charge >= 0.3 is 307 Å². The Hall–Kier alpha value is -2.31. The van der Waals surface area contributed by atoms with Crippen LogP contribution in [0.4, 0.5) is 0 Å². The van der Waals surface area contributed by atoms with Crippen molar-refractivity contribution < 1.29 is 15.9 Å². The van der Waals surface area contributed by atoms with Crippen molar-refractivity contribution in [2.45, 2.75) is 94.2 Å². The molecule has 0 aliphatic heterocycles. The second-order valence-electron chi connectivity index (χ2n) is 17.3. The van der Waals surface area contributed by atoms with E-state index in [0.717, 1.165) is 0 Å². The molecule has 0 fully saturated rings. The number of hydrogen-bond donors (Lipinski definition) is 0. The summed E-state index contributed by atoms with van der Waals surface area (Å²) in [7, 11) is 17.0. The van der Waals surface area contributed by atoms with Crippen molar-refractivity contribution in [3.05, 3.63) is 129 Å². The predicted molar refractivity (Wildman–Crippen MR) is 216 cm³/mol. The molecule has 4 aromatic rings. The van der Waals surface area contributed by atoms with E-state index in [1.165, 1.54) is 66.8 Å². The molecule has 0 saturated heterocycles. The molecule has 0 heterocycles. The molecule has 4 aromatic carbocycles. The minimum atomic E-state index is -5.03. The zero-order chi connectivity index (χ0) is 35.7. The van der Waals surface area contributed by atoms with E-state index >= 15 is 0 Å². The van der Waals surface area contributed by atoms with Gasteiger partial charge in [-0.05, 0) is 0 Å². The third-order valence-corrected chi connectivity index (χ3v) is 30.4. The number of allylic oxidation sites excluding steroid dienone is 2. The summed E-state index contributed by atoms with van der Waals surface area (Å²) >= 11 is -5.03. The fourth-order valence-corrected chi connectivity index (χ4v) is 25.9. The zero-order valence-corrected chi connectivity index (χ0v) is 35.4. The Labute approximate surface area is 304 Å². The molecule has 2 atom stereocenters. The predicted octanol–water partition coefficient (Wildman–Crippen LogP) is 14.3. The van der Waals surface area contributed by atoms with Crippen LogP contribution in [0.3, 0.4) is 0 Å². The Balaban J connectivity index is 1.54.